The summed E-state index contributed by atoms with van der Waals surface area (Å²) in [4.78, 5) is 13.8. The SMILES string of the molecule is COC(=O)c1cc2n(n1)CCCN(Cc1cc(Cl)ccc1O)C2. The first-order chi connectivity index (χ1) is 11.1. The van der Waals surface area contributed by atoms with Crippen LogP contribution in [-0.4, -0.2) is 39.4 Å². The number of aromatic hydroxyl groups is 1. The Balaban J connectivity index is 1.79. The van der Waals surface area contributed by atoms with Gasteiger partial charge in [0.1, 0.15) is 5.75 Å². The number of carbonyl (C=O) groups excluding carboxylic acids is 1. The first kappa shape index (κ1) is 15.8. The van der Waals surface area contributed by atoms with Crippen molar-refractivity contribution in [2.75, 3.05) is 13.7 Å². The minimum absolute atomic E-state index is 0.238. The Hall–Kier alpha value is -2.05. The highest BCUT2D eigenvalue weighted by Gasteiger charge is 2.20. The van der Waals surface area contributed by atoms with Gasteiger partial charge >= 0.3 is 5.97 Å². The fourth-order valence-electron chi connectivity index (χ4n) is 2.79. The van der Waals surface area contributed by atoms with E-state index < -0.39 is 5.97 Å². The van der Waals surface area contributed by atoms with E-state index in [9.17, 15) is 9.90 Å². The van der Waals surface area contributed by atoms with Gasteiger partial charge in [0.25, 0.3) is 0 Å². The predicted octanol–water partition coefficient (Wildman–Crippen LogP) is 2.43. The van der Waals surface area contributed by atoms with Crippen LogP contribution in [0.2, 0.25) is 5.02 Å². The lowest BCUT2D eigenvalue weighted by atomic mass is 10.2. The number of methoxy groups -OCH3 is 1. The smallest absolute Gasteiger partial charge is 0.358 e. The topological polar surface area (TPSA) is 67.6 Å². The fourth-order valence-corrected chi connectivity index (χ4v) is 2.98. The number of esters is 1. The highest BCUT2D eigenvalue weighted by Crippen LogP contribution is 2.24. The largest absolute Gasteiger partial charge is 0.508 e. The summed E-state index contributed by atoms with van der Waals surface area (Å²) in [6.07, 6.45) is 0.913. The summed E-state index contributed by atoms with van der Waals surface area (Å²) in [5.74, 6) is -0.188. The van der Waals surface area contributed by atoms with Crippen molar-refractivity contribution in [2.24, 2.45) is 0 Å². The van der Waals surface area contributed by atoms with Crippen molar-refractivity contribution in [3.63, 3.8) is 0 Å². The molecule has 1 aliphatic rings. The Kier molecular flexibility index (Phi) is 4.54. The van der Waals surface area contributed by atoms with Crippen LogP contribution in [0, 0.1) is 0 Å². The number of aryl methyl sites for hydroxylation is 1. The number of rotatable bonds is 3. The Bertz CT molecular complexity index is 729. The van der Waals surface area contributed by atoms with Crippen LogP contribution in [0.3, 0.4) is 0 Å². The van der Waals surface area contributed by atoms with Crippen LogP contribution in [0.25, 0.3) is 0 Å². The number of aromatic nitrogens is 2. The minimum atomic E-state index is -0.426. The first-order valence-electron chi connectivity index (χ1n) is 7.41. The van der Waals surface area contributed by atoms with Crippen molar-refractivity contribution >= 4 is 17.6 Å². The number of hydrogen-bond donors (Lipinski definition) is 1. The van der Waals surface area contributed by atoms with Crippen molar-refractivity contribution < 1.29 is 14.6 Å². The molecule has 2 aromatic rings. The number of ether oxygens (including phenoxy) is 1. The Morgan fingerprint density at radius 3 is 3.00 bits per heavy atom. The Morgan fingerprint density at radius 1 is 1.39 bits per heavy atom. The fraction of sp³-hybridized carbons (Fsp3) is 0.375. The summed E-state index contributed by atoms with van der Waals surface area (Å²) in [6.45, 7) is 2.87. The van der Waals surface area contributed by atoms with Gasteiger partial charge in [-0.1, -0.05) is 11.6 Å². The average Bonchev–Trinajstić information content (AvgIpc) is 2.83. The van der Waals surface area contributed by atoms with Crippen molar-refractivity contribution in [1.82, 2.24) is 14.7 Å². The number of phenols is 1. The third-order valence-electron chi connectivity index (χ3n) is 3.92. The maximum absolute atomic E-state index is 11.6. The number of carbonyl (C=O) groups is 1. The molecule has 0 spiro atoms. The lowest BCUT2D eigenvalue weighted by molar-refractivity contribution is 0.0593. The molecule has 1 aliphatic heterocycles. The van der Waals surface area contributed by atoms with E-state index in [1.165, 1.54) is 7.11 Å². The third kappa shape index (κ3) is 3.48. The third-order valence-corrected chi connectivity index (χ3v) is 4.16. The Labute approximate surface area is 139 Å². The highest BCUT2D eigenvalue weighted by molar-refractivity contribution is 6.30. The van der Waals surface area contributed by atoms with Gasteiger partial charge in [-0.25, -0.2) is 4.79 Å². The molecule has 0 fully saturated rings. The molecule has 0 amide bonds. The second kappa shape index (κ2) is 6.60. The molecule has 1 aromatic carbocycles. The van der Waals surface area contributed by atoms with E-state index in [0.717, 1.165) is 30.8 Å². The molecule has 0 aliphatic carbocycles. The molecule has 122 valence electrons. The molecule has 1 aromatic heterocycles. The maximum Gasteiger partial charge on any atom is 0.358 e. The van der Waals surface area contributed by atoms with Gasteiger partial charge < -0.3 is 9.84 Å². The second-order valence-corrected chi connectivity index (χ2v) is 6.01. The quantitative estimate of drug-likeness (QED) is 0.873. The van der Waals surface area contributed by atoms with Crippen molar-refractivity contribution in [1.29, 1.82) is 0 Å². The molecule has 0 radical (unpaired) electrons. The molecule has 2 heterocycles. The monoisotopic (exact) mass is 335 g/mol. The molecule has 0 bridgehead atoms. The molecule has 3 rings (SSSR count). The predicted molar refractivity (Wildman–Crippen MR) is 85.4 cm³/mol. The molecule has 6 nitrogen and oxygen atoms in total. The zero-order valence-corrected chi connectivity index (χ0v) is 13.6. The number of fused-ring (bicyclic) bond motifs is 1. The van der Waals surface area contributed by atoms with Gasteiger partial charge in [0.05, 0.1) is 12.8 Å². The van der Waals surface area contributed by atoms with E-state index >= 15 is 0 Å². The summed E-state index contributed by atoms with van der Waals surface area (Å²) in [5, 5.41) is 14.9. The lowest BCUT2D eigenvalue weighted by Crippen LogP contribution is -2.22. The summed E-state index contributed by atoms with van der Waals surface area (Å²) >= 11 is 6.01. The van der Waals surface area contributed by atoms with Crippen molar-refractivity contribution in [3.05, 3.63) is 46.2 Å². The Morgan fingerprint density at radius 2 is 2.22 bits per heavy atom. The van der Waals surface area contributed by atoms with Gasteiger partial charge in [0.2, 0.25) is 0 Å². The molecule has 0 unspecified atom stereocenters. The molecule has 1 N–H and O–H groups in total. The van der Waals surface area contributed by atoms with Crippen LogP contribution < -0.4 is 0 Å². The van der Waals surface area contributed by atoms with E-state index in [-0.39, 0.29) is 5.75 Å². The lowest BCUT2D eigenvalue weighted by Gasteiger charge is -2.20. The number of nitrogens with zero attached hydrogens (tertiary/aromatic N) is 3. The molecule has 0 saturated carbocycles. The average molecular weight is 336 g/mol. The summed E-state index contributed by atoms with van der Waals surface area (Å²) in [5.41, 5.74) is 2.08. The van der Waals surface area contributed by atoms with Gasteiger partial charge in [-0.3, -0.25) is 9.58 Å². The zero-order valence-electron chi connectivity index (χ0n) is 12.8. The number of halogens is 1. The van der Waals surface area contributed by atoms with E-state index in [4.69, 9.17) is 16.3 Å². The van der Waals surface area contributed by atoms with E-state index in [1.54, 1.807) is 24.3 Å². The van der Waals surface area contributed by atoms with Gasteiger partial charge in [-0.05, 0) is 30.7 Å². The van der Waals surface area contributed by atoms with Crippen molar-refractivity contribution in [2.45, 2.75) is 26.1 Å². The summed E-state index contributed by atoms with van der Waals surface area (Å²) < 4.78 is 6.57. The first-order valence-corrected chi connectivity index (χ1v) is 7.79. The number of benzene rings is 1. The molecule has 0 saturated heterocycles. The number of hydrogen-bond acceptors (Lipinski definition) is 5. The van der Waals surface area contributed by atoms with Crippen LogP contribution >= 0.6 is 11.6 Å². The normalized spacial score (nSPS) is 15.0. The molecular weight excluding hydrogens is 318 g/mol. The minimum Gasteiger partial charge on any atom is -0.508 e. The van der Waals surface area contributed by atoms with Crippen LogP contribution in [0.4, 0.5) is 0 Å². The second-order valence-electron chi connectivity index (χ2n) is 5.57. The molecule has 0 atom stereocenters. The van der Waals surface area contributed by atoms with Crippen LogP contribution in [0.1, 0.15) is 28.2 Å². The number of phenolic OH excluding ortho intramolecular Hbond substituents is 1. The van der Waals surface area contributed by atoms with Crippen LogP contribution in [0.15, 0.2) is 24.3 Å². The molecular formula is C16H18ClN3O3. The zero-order chi connectivity index (χ0) is 16.4. The van der Waals surface area contributed by atoms with Gasteiger partial charge in [-0.2, -0.15) is 5.10 Å². The molecule has 23 heavy (non-hydrogen) atoms. The van der Waals surface area contributed by atoms with E-state index in [0.29, 0.717) is 23.8 Å². The van der Waals surface area contributed by atoms with Crippen LogP contribution in [0.5, 0.6) is 5.75 Å². The van der Waals surface area contributed by atoms with E-state index in [1.807, 2.05) is 4.68 Å². The van der Waals surface area contributed by atoms with Gasteiger partial charge in [0.15, 0.2) is 5.69 Å². The highest BCUT2D eigenvalue weighted by atomic mass is 35.5. The molecule has 7 heteroatoms. The maximum atomic E-state index is 11.6. The summed E-state index contributed by atoms with van der Waals surface area (Å²) in [6, 6.07) is 6.82. The van der Waals surface area contributed by atoms with Gasteiger partial charge in [-0.15, -0.1) is 0 Å². The van der Waals surface area contributed by atoms with Crippen molar-refractivity contribution in [3.8, 4) is 5.75 Å². The van der Waals surface area contributed by atoms with Crippen LogP contribution in [-0.2, 0) is 24.4 Å². The summed E-state index contributed by atoms with van der Waals surface area (Å²) in [7, 11) is 1.35. The van der Waals surface area contributed by atoms with Gasteiger partial charge in [0, 0.05) is 36.8 Å². The standard InChI is InChI=1S/C16H18ClN3O3/c1-23-16(22)14-8-13-10-19(5-2-6-20(13)18-14)9-11-7-12(17)3-4-15(11)21/h3-4,7-8,21H,2,5-6,9-10H2,1H3. The van der Waals surface area contributed by atoms with E-state index in [2.05, 4.69) is 10.00 Å².